The summed E-state index contributed by atoms with van der Waals surface area (Å²) in [5.74, 6) is 0.915. The van der Waals surface area contributed by atoms with Crippen LogP contribution in [0.1, 0.15) is 29.3 Å². The number of halogens is 3. The third-order valence-corrected chi connectivity index (χ3v) is 8.78. The molecule has 1 aromatic carbocycles. The maximum Gasteiger partial charge on any atom is 0.420 e. The lowest BCUT2D eigenvalue weighted by molar-refractivity contribution is -0.137. The number of nitrogens with zero attached hydrogens (tertiary/aromatic N) is 3. The number of nitrogens with one attached hydrogen (secondary N) is 2. The number of likely N-dealkylation sites (N-methyl/N-ethyl adjacent to an activating group) is 1. The maximum absolute atomic E-state index is 13.9. The lowest BCUT2D eigenvalue weighted by atomic mass is 10.1. The fraction of sp³-hybridized carbons (Fsp3) is 0.440. The van der Waals surface area contributed by atoms with Crippen LogP contribution in [-0.4, -0.2) is 48.5 Å². The Morgan fingerprint density at radius 2 is 2.11 bits per heavy atom. The van der Waals surface area contributed by atoms with Crippen molar-refractivity contribution in [2.24, 2.45) is 0 Å². The van der Waals surface area contributed by atoms with Gasteiger partial charge in [-0.15, -0.1) is 23.1 Å². The van der Waals surface area contributed by atoms with Gasteiger partial charge >= 0.3 is 6.18 Å². The van der Waals surface area contributed by atoms with Crippen LogP contribution in [0.25, 0.3) is 10.6 Å². The number of fused-ring (bicyclic) bond motifs is 1. The highest BCUT2D eigenvalue weighted by Gasteiger charge is 2.36. The summed E-state index contributed by atoms with van der Waals surface area (Å²) in [6.07, 6.45) is -1.82. The summed E-state index contributed by atoms with van der Waals surface area (Å²) >= 11 is 2.90. The molecule has 0 saturated carbocycles. The van der Waals surface area contributed by atoms with Crippen molar-refractivity contribution in [2.45, 2.75) is 43.5 Å². The van der Waals surface area contributed by atoms with Gasteiger partial charge in [-0.25, -0.2) is 9.97 Å². The topological polar surface area (TPSA) is 62.3 Å². The lowest BCUT2D eigenvalue weighted by Crippen LogP contribution is -2.29. The molecule has 0 spiro atoms. The Morgan fingerprint density at radius 3 is 2.86 bits per heavy atom. The van der Waals surface area contributed by atoms with Crippen molar-refractivity contribution in [1.29, 1.82) is 0 Å². The van der Waals surface area contributed by atoms with Gasteiger partial charge < -0.3 is 20.3 Å². The van der Waals surface area contributed by atoms with Gasteiger partial charge in [-0.2, -0.15) is 13.2 Å². The molecule has 1 saturated heterocycles. The number of ether oxygens (including phenoxy) is 1. The molecule has 1 atom stereocenters. The van der Waals surface area contributed by atoms with Crippen molar-refractivity contribution in [3.05, 3.63) is 46.5 Å². The van der Waals surface area contributed by atoms with E-state index in [2.05, 4.69) is 38.5 Å². The second-order valence-corrected chi connectivity index (χ2v) is 11.1. The van der Waals surface area contributed by atoms with Gasteiger partial charge in [-0.3, -0.25) is 0 Å². The number of anilines is 3. The Balaban J connectivity index is 1.45. The first-order valence-electron chi connectivity index (χ1n) is 12.0. The molecule has 2 N–H and O–H groups in total. The number of hydrogen-bond acceptors (Lipinski definition) is 8. The first kappa shape index (κ1) is 25.3. The molecule has 2 aromatic heterocycles. The summed E-state index contributed by atoms with van der Waals surface area (Å²) < 4.78 is 47.2. The molecule has 0 aliphatic carbocycles. The second-order valence-electron chi connectivity index (χ2n) is 8.79. The minimum absolute atomic E-state index is 0.108. The molecule has 0 radical (unpaired) electrons. The van der Waals surface area contributed by atoms with Crippen LogP contribution in [0.2, 0.25) is 0 Å². The Labute approximate surface area is 216 Å². The number of thiophene rings is 1. The highest BCUT2D eigenvalue weighted by atomic mass is 32.2. The fourth-order valence-electron chi connectivity index (χ4n) is 4.51. The zero-order chi connectivity index (χ0) is 25.3. The Morgan fingerprint density at radius 1 is 1.25 bits per heavy atom. The molecular weight excluding hydrogens is 507 g/mol. The predicted molar refractivity (Wildman–Crippen MR) is 140 cm³/mol. The van der Waals surface area contributed by atoms with Gasteiger partial charge in [0.2, 0.25) is 5.95 Å². The van der Waals surface area contributed by atoms with Crippen molar-refractivity contribution in [3.8, 4) is 10.6 Å². The summed E-state index contributed by atoms with van der Waals surface area (Å²) in [6, 6.07) is 8.41. The molecule has 3 aromatic rings. The predicted octanol–water partition coefficient (Wildman–Crippen LogP) is 5.95. The van der Waals surface area contributed by atoms with E-state index < -0.39 is 11.7 Å². The van der Waals surface area contributed by atoms with Gasteiger partial charge in [-0.05, 0) is 49.7 Å². The quantitative estimate of drug-likeness (QED) is 0.404. The molecule has 6 nitrogen and oxygen atoms in total. The second kappa shape index (κ2) is 10.6. The summed E-state index contributed by atoms with van der Waals surface area (Å²) in [5, 5.41) is 6.51. The number of aromatic nitrogens is 2. The highest BCUT2D eigenvalue weighted by molar-refractivity contribution is 7.99. The van der Waals surface area contributed by atoms with E-state index in [0.717, 1.165) is 64.6 Å². The molecule has 5 rings (SSSR count). The molecule has 0 bridgehead atoms. The van der Waals surface area contributed by atoms with E-state index in [0.29, 0.717) is 24.1 Å². The molecular formula is C25H28F3N5OS2. The van der Waals surface area contributed by atoms with E-state index in [-0.39, 0.29) is 11.6 Å². The number of thioether (sulfide) groups is 1. The third-order valence-electron chi connectivity index (χ3n) is 6.49. The van der Waals surface area contributed by atoms with Gasteiger partial charge in [-0.1, -0.05) is 6.92 Å². The molecule has 1 fully saturated rings. The van der Waals surface area contributed by atoms with E-state index in [1.165, 1.54) is 11.3 Å². The molecule has 4 heterocycles. The number of benzene rings is 1. The molecule has 2 aliphatic rings. The van der Waals surface area contributed by atoms with E-state index in [9.17, 15) is 13.2 Å². The Bertz CT molecular complexity index is 1210. The first-order chi connectivity index (χ1) is 17.4. The van der Waals surface area contributed by atoms with Crippen molar-refractivity contribution in [1.82, 2.24) is 15.3 Å². The maximum atomic E-state index is 13.9. The molecule has 36 heavy (non-hydrogen) atoms. The van der Waals surface area contributed by atoms with E-state index in [4.69, 9.17) is 4.74 Å². The monoisotopic (exact) mass is 535 g/mol. The van der Waals surface area contributed by atoms with Crippen LogP contribution in [0, 0.1) is 0 Å². The van der Waals surface area contributed by atoms with Crippen LogP contribution < -0.4 is 15.5 Å². The van der Waals surface area contributed by atoms with E-state index >= 15 is 0 Å². The van der Waals surface area contributed by atoms with Crippen molar-refractivity contribution in [2.75, 3.05) is 42.7 Å². The van der Waals surface area contributed by atoms with Crippen LogP contribution in [0.4, 0.5) is 30.5 Å². The lowest BCUT2D eigenvalue weighted by Gasteiger charge is -2.21. The normalized spacial score (nSPS) is 18.2. The summed E-state index contributed by atoms with van der Waals surface area (Å²) in [7, 11) is 1.98. The average Bonchev–Trinajstić information content (AvgIpc) is 3.45. The number of aryl methyl sites for hydroxylation is 1. The van der Waals surface area contributed by atoms with Gasteiger partial charge in [0.1, 0.15) is 5.56 Å². The van der Waals surface area contributed by atoms with Gasteiger partial charge in [0.15, 0.2) is 0 Å². The number of hydrogen-bond donors (Lipinski definition) is 2. The van der Waals surface area contributed by atoms with E-state index in [1.807, 2.05) is 19.2 Å². The minimum Gasteiger partial charge on any atom is -0.375 e. The largest absolute Gasteiger partial charge is 0.420 e. The molecule has 1 unspecified atom stereocenters. The minimum atomic E-state index is -4.56. The summed E-state index contributed by atoms with van der Waals surface area (Å²) in [6.45, 7) is 5.03. The summed E-state index contributed by atoms with van der Waals surface area (Å²) in [4.78, 5) is 13.1. The SMILES string of the molecule is CCc1cc(N2CCC(NC)C2)ccc1Nc1ncc(C(F)(F)F)c(-c2cc3c(s2)COCCS3)n1. The van der Waals surface area contributed by atoms with E-state index in [1.54, 1.807) is 17.8 Å². The van der Waals surface area contributed by atoms with Gasteiger partial charge in [0, 0.05) is 52.2 Å². The average molecular weight is 536 g/mol. The number of rotatable bonds is 6. The molecule has 192 valence electrons. The van der Waals surface area contributed by atoms with Crippen LogP contribution >= 0.6 is 23.1 Å². The highest BCUT2D eigenvalue weighted by Crippen LogP contribution is 2.43. The Hall–Kier alpha value is -2.34. The molecule has 2 aliphatic heterocycles. The number of alkyl halides is 3. The fourth-order valence-corrected chi connectivity index (χ4v) is 6.72. The van der Waals surface area contributed by atoms with Crippen molar-refractivity contribution in [3.63, 3.8) is 0 Å². The standard InChI is InChI=1S/C25H28F3N5OS2/c1-3-15-10-17(33-7-6-16(13-33)29-2)4-5-19(15)31-24-30-12-18(25(26,27)28)23(32-24)21-11-20-22(36-21)14-34-8-9-35-20/h4-5,10-12,16,29H,3,6-9,13-14H2,1-2H3,(H,30,31,32). The molecule has 0 amide bonds. The smallest absolute Gasteiger partial charge is 0.375 e. The van der Waals surface area contributed by atoms with Crippen LogP contribution in [0.5, 0.6) is 0 Å². The zero-order valence-corrected chi connectivity index (χ0v) is 21.7. The Kier molecular flexibility index (Phi) is 7.43. The third kappa shape index (κ3) is 5.34. The van der Waals surface area contributed by atoms with Crippen LogP contribution in [0.15, 0.2) is 35.4 Å². The zero-order valence-electron chi connectivity index (χ0n) is 20.1. The molecule has 11 heteroatoms. The van der Waals surface area contributed by atoms with Gasteiger partial charge in [0.25, 0.3) is 0 Å². The van der Waals surface area contributed by atoms with Crippen molar-refractivity contribution >= 4 is 40.4 Å². The van der Waals surface area contributed by atoms with Crippen LogP contribution in [-0.2, 0) is 23.9 Å². The van der Waals surface area contributed by atoms with Gasteiger partial charge in [0.05, 0.1) is 23.8 Å². The van der Waals surface area contributed by atoms with Crippen LogP contribution in [0.3, 0.4) is 0 Å². The summed E-state index contributed by atoms with van der Waals surface area (Å²) in [5.41, 5.74) is 2.05. The van der Waals surface area contributed by atoms with Crippen molar-refractivity contribution < 1.29 is 17.9 Å². The first-order valence-corrected chi connectivity index (χ1v) is 13.8.